The fourth-order valence-electron chi connectivity index (χ4n) is 2.60. The van der Waals surface area contributed by atoms with E-state index in [4.69, 9.17) is 21.1 Å². The lowest BCUT2D eigenvalue weighted by Gasteiger charge is -2.29. The molecule has 1 aliphatic carbocycles. The Labute approximate surface area is 120 Å². The van der Waals surface area contributed by atoms with Crippen LogP contribution in [0.1, 0.15) is 31.2 Å². The Kier molecular flexibility index (Phi) is 5.49. The Morgan fingerprint density at radius 3 is 2.84 bits per heavy atom. The molecular formula is C15H22ClNO2. The standard InChI is InChI=1S/C15H22ClNO2/c1-17-10-13-14(16)7-4-8-15(13)19-12-6-3-5-11(9-12)18-2/h4,7-8,11-12,17H,3,5-6,9-10H2,1-2H3. The number of methoxy groups -OCH3 is 1. The Balaban J connectivity index is 2.07. The maximum Gasteiger partial charge on any atom is 0.125 e. The Bertz CT molecular complexity index is 411. The summed E-state index contributed by atoms with van der Waals surface area (Å²) in [5, 5.41) is 3.89. The Morgan fingerprint density at radius 2 is 2.11 bits per heavy atom. The largest absolute Gasteiger partial charge is 0.490 e. The molecule has 106 valence electrons. The summed E-state index contributed by atoms with van der Waals surface area (Å²) < 4.78 is 11.6. The normalized spacial score (nSPS) is 23.3. The second-order valence-electron chi connectivity index (χ2n) is 5.01. The number of benzene rings is 1. The van der Waals surface area contributed by atoms with Crippen LogP contribution >= 0.6 is 11.6 Å². The Morgan fingerprint density at radius 1 is 1.32 bits per heavy atom. The van der Waals surface area contributed by atoms with Gasteiger partial charge in [0.15, 0.2) is 0 Å². The quantitative estimate of drug-likeness (QED) is 0.898. The van der Waals surface area contributed by atoms with Crippen LogP contribution in [0.4, 0.5) is 0 Å². The molecule has 0 saturated heterocycles. The van der Waals surface area contributed by atoms with E-state index in [0.29, 0.717) is 6.10 Å². The van der Waals surface area contributed by atoms with Crippen LogP contribution in [0.3, 0.4) is 0 Å². The third-order valence-corrected chi connectivity index (χ3v) is 3.99. The van der Waals surface area contributed by atoms with Gasteiger partial charge in [0.05, 0.1) is 6.10 Å². The van der Waals surface area contributed by atoms with Crippen molar-refractivity contribution in [3.8, 4) is 5.75 Å². The molecule has 1 aliphatic rings. The molecule has 0 aromatic heterocycles. The van der Waals surface area contributed by atoms with Gasteiger partial charge in [0.25, 0.3) is 0 Å². The second kappa shape index (κ2) is 7.13. The number of hydrogen-bond acceptors (Lipinski definition) is 3. The van der Waals surface area contributed by atoms with Crippen LogP contribution in [0.5, 0.6) is 5.75 Å². The van der Waals surface area contributed by atoms with Gasteiger partial charge in [0, 0.05) is 30.7 Å². The van der Waals surface area contributed by atoms with Crippen molar-refractivity contribution >= 4 is 11.6 Å². The van der Waals surface area contributed by atoms with E-state index in [1.54, 1.807) is 7.11 Å². The smallest absolute Gasteiger partial charge is 0.125 e. The van der Waals surface area contributed by atoms with E-state index < -0.39 is 0 Å². The summed E-state index contributed by atoms with van der Waals surface area (Å²) in [4.78, 5) is 0. The predicted octanol–water partition coefficient (Wildman–Crippen LogP) is 3.40. The molecule has 2 atom stereocenters. The van der Waals surface area contributed by atoms with E-state index in [0.717, 1.165) is 48.6 Å². The van der Waals surface area contributed by atoms with Crippen molar-refractivity contribution in [2.45, 2.75) is 44.4 Å². The van der Waals surface area contributed by atoms with Crippen LogP contribution in [-0.4, -0.2) is 26.4 Å². The second-order valence-corrected chi connectivity index (χ2v) is 5.42. The van der Waals surface area contributed by atoms with Crippen LogP contribution in [0, 0.1) is 0 Å². The average molecular weight is 284 g/mol. The molecule has 4 heteroatoms. The number of halogens is 1. The molecule has 19 heavy (non-hydrogen) atoms. The molecule has 0 spiro atoms. The van der Waals surface area contributed by atoms with E-state index in [1.165, 1.54) is 0 Å². The summed E-state index contributed by atoms with van der Waals surface area (Å²) in [6.45, 7) is 0.718. The lowest BCUT2D eigenvalue weighted by Crippen LogP contribution is -2.29. The minimum absolute atomic E-state index is 0.229. The zero-order chi connectivity index (χ0) is 13.7. The molecule has 1 saturated carbocycles. The Hall–Kier alpha value is -0.770. The van der Waals surface area contributed by atoms with Gasteiger partial charge in [-0.2, -0.15) is 0 Å². The molecule has 0 heterocycles. The summed E-state index contributed by atoms with van der Waals surface area (Å²) >= 11 is 6.24. The topological polar surface area (TPSA) is 30.5 Å². The number of ether oxygens (including phenoxy) is 2. The van der Waals surface area contributed by atoms with E-state index in [2.05, 4.69) is 5.32 Å². The summed E-state index contributed by atoms with van der Waals surface area (Å²) in [6, 6.07) is 5.84. The molecule has 0 amide bonds. The highest BCUT2D eigenvalue weighted by atomic mass is 35.5. The zero-order valence-electron chi connectivity index (χ0n) is 11.6. The molecular weight excluding hydrogens is 262 g/mol. The highest BCUT2D eigenvalue weighted by molar-refractivity contribution is 6.31. The minimum Gasteiger partial charge on any atom is -0.490 e. The van der Waals surface area contributed by atoms with Gasteiger partial charge in [-0.1, -0.05) is 17.7 Å². The highest BCUT2D eigenvalue weighted by Gasteiger charge is 2.24. The van der Waals surface area contributed by atoms with E-state index in [-0.39, 0.29) is 6.10 Å². The van der Waals surface area contributed by atoms with Gasteiger partial charge >= 0.3 is 0 Å². The van der Waals surface area contributed by atoms with Crippen LogP contribution in [0.15, 0.2) is 18.2 Å². The van der Waals surface area contributed by atoms with Crippen molar-refractivity contribution in [2.75, 3.05) is 14.2 Å². The van der Waals surface area contributed by atoms with Gasteiger partial charge in [-0.15, -0.1) is 0 Å². The average Bonchev–Trinajstić information content (AvgIpc) is 2.43. The van der Waals surface area contributed by atoms with Crippen LogP contribution in [0.25, 0.3) is 0 Å². The van der Waals surface area contributed by atoms with Crippen LogP contribution < -0.4 is 10.1 Å². The molecule has 1 aromatic rings. The van der Waals surface area contributed by atoms with Crippen molar-refractivity contribution in [2.24, 2.45) is 0 Å². The van der Waals surface area contributed by atoms with Gasteiger partial charge in [0.1, 0.15) is 11.9 Å². The SMILES string of the molecule is CNCc1c(Cl)cccc1OC1CCCC(OC)C1. The van der Waals surface area contributed by atoms with E-state index in [9.17, 15) is 0 Å². The van der Waals surface area contributed by atoms with Crippen LogP contribution in [-0.2, 0) is 11.3 Å². The lowest BCUT2D eigenvalue weighted by atomic mass is 9.95. The third-order valence-electron chi connectivity index (χ3n) is 3.63. The van der Waals surface area contributed by atoms with Gasteiger partial charge in [0.2, 0.25) is 0 Å². The summed E-state index contributed by atoms with van der Waals surface area (Å²) in [5.74, 6) is 0.892. The van der Waals surface area contributed by atoms with Crippen molar-refractivity contribution < 1.29 is 9.47 Å². The summed E-state index contributed by atoms with van der Waals surface area (Å²) in [7, 11) is 3.69. The number of rotatable bonds is 5. The molecule has 3 nitrogen and oxygen atoms in total. The fourth-order valence-corrected chi connectivity index (χ4v) is 2.83. The molecule has 2 rings (SSSR count). The van der Waals surface area contributed by atoms with Crippen molar-refractivity contribution in [1.29, 1.82) is 0 Å². The van der Waals surface area contributed by atoms with Gasteiger partial charge in [-0.25, -0.2) is 0 Å². The summed E-state index contributed by atoms with van der Waals surface area (Å²) in [5.41, 5.74) is 1.03. The molecule has 1 fully saturated rings. The van der Waals surface area contributed by atoms with Crippen LogP contribution in [0.2, 0.25) is 5.02 Å². The predicted molar refractivity (Wildman–Crippen MR) is 77.9 cm³/mol. The first-order valence-electron chi connectivity index (χ1n) is 6.86. The van der Waals surface area contributed by atoms with Gasteiger partial charge in [-0.05, 0) is 38.4 Å². The minimum atomic E-state index is 0.229. The summed E-state index contributed by atoms with van der Waals surface area (Å²) in [6.07, 6.45) is 4.90. The monoisotopic (exact) mass is 283 g/mol. The molecule has 0 bridgehead atoms. The first-order valence-corrected chi connectivity index (χ1v) is 7.23. The molecule has 1 N–H and O–H groups in total. The third kappa shape index (κ3) is 3.85. The highest BCUT2D eigenvalue weighted by Crippen LogP contribution is 2.30. The first kappa shape index (κ1) is 14.6. The van der Waals surface area contributed by atoms with Gasteiger partial charge in [-0.3, -0.25) is 0 Å². The first-order chi connectivity index (χ1) is 9.24. The molecule has 2 unspecified atom stereocenters. The van der Waals surface area contributed by atoms with E-state index >= 15 is 0 Å². The molecule has 0 radical (unpaired) electrons. The van der Waals surface area contributed by atoms with E-state index in [1.807, 2.05) is 25.2 Å². The fraction of sp³-hybridized carbons (Fsp3) is 0.600. The molecule has 0 aliphatic heterocycles. The maximum atomic E-state index is 6.24. The maximum absolute atomic E-state index is 6.24. The number of nitrogens with one attached hydrogen (secondary N) is 1. The van der Waals surface area contributed by atoms with Crippen molar-refractivity contribution in [3.63, 3.8) is 0 Å². The van der Waals surface area contributed by atoms with Crippen molar-refractivity contribution in [1.82, 2.24) is 5.32 Å². The zero-order valence-corrected chi connectivity index (χ0v) is 12.4. The van der Waals surface area contributed by atoms with Gasteiger partial charge < -0.3 is 14.8 Å². The lowest BCUT2D eigenvalue weighted by molar-refractivity contribution is 0.0206. The molecule has 1 aromatic carbocycles. The number of hydrogen-bond donors (Lipinski definition) is 1. The van der Waals surface area contributed by atoms with Crippen molar-refractivity contribution in [3.05, 3.63) is 28.8 Å².